The Kier molecular flexibility index (Phi) is 4.35. The summed E-state index contributed by atoms with van der Waals surface area (Å²) in [6.07, 6.45) is -5.16. The van der Waals surface area contributed by atoms with Crippen LogP contribution in [0.25, 0.3) is 0 Å². The van der Waals surface area contributed by atoms with Crippen molar-refractivity contribution in [1.29, 1.82) is 0 Å². The molecule has 1 aromatic heterocycles. The number of nitrogen functional groups attached to an aromatic ring is 1. The van der Waals surface area contributed by atoms with E-state index in [4.69, 9.17) is 15.6 Å². The first-order valence-corrected chi connectivity index (χ1v) is 6.09. The van der Waals surface area contributed by atoms with Gasteiger partial charge in [0.05, 0.1) is 12.7 Å². The summed E-state index contributed by atoms with van der Waals surface area (Å²) in [5.74, 6) is 0.0409. The Morgan fingerprint density at radius 1 is 1.40 bits per heavy atom. The summed E-state index contributed by atoms with van der Waals surface area (Å²) in [4.78, 5) is 15.3. The average Bonchev–Trinajstić information content (AvgIpc) is 2.51. The third-order valence-electron chi connectivity index (χ3n) is 3.24. The molecule has 1 saturated heterocycles. The molecule has 1 aliphatic rings. The molecule has 5 atom stereocenters. The zero-order valence-electron chi connectivity index (χ0n) is 10.5. The molecule has 20 heavy (non-hydrogen) atoms. The van der Waals surface area contributed by atoms with Crippen molar-refractivity contribution in [3.8, 4) is 0 Å². The summed E-state index contributed by atoms with van der Waals surface area (Å²) < 4.78 is 6.46. The highest BCUT2D eigenvalue weighted by atomic mass is 16.5. The lowest BCUT2D eigenvalue weighted by molar-refractivity contribution is -0.132. The third kappa shape index (κ3) is 2.81. The molecule has 1 fully saturated rings. The second kappa shape index (κ2) is 5.85. The lowest BCUT2D eigenvalue weighted by Gasteiger charge is -2.24. The molecule has 112 valence electrons. The minimum atomic E-state index is -1.48. The van der Waals surface area contributed by atoms with Crippen molar-refractivity contribution >= 4 is 5.82 Å². The van der Waals surface area contributed by atoms with Crippen LogP contribution in [0.4, 0.5) is 5.82 Å². The molecular weight excluding hydrogens is 270 g/mol. The molecule has 2 heterocycles. The van der Waals surface area contributed by atoms with Crippen LogP contribution < -0.4 is 11.4 Å². The minimum Gasteiger partial charge on any atom is -0.394 e. The van der Waals surface area contributed by atoms with Crippen molar-refractivity contribution in [2.45, 2.75) is 37.1 Å². The summed E-state index contributed by atoms with van der Waals surface area (Å²) in [6.45, 7) is -0.571. The van der Waals surface area contributed by atoms with Gasteiger partial charge >= 0.3 is 5.69 Å². The smallest absolute Gasteiger partial charge is 0.351 e. The van der Waals surface area contributed by atoms with Crippen LogP contribution >= 0.6 is 0 Å². The zero-order valence-corrected chi connectivity index (χ0v) is 10.5. The number of aromatic nitrogens is 2. The molecule has 0 bridgehead atoms. The van der Waals surface area contributed by atoms with Crippen molar-refractivity contribution in [3.63, 3.8) is 0 Å². The van der Waals surface area contributed by atoms with Gasteiger partial charge < -0.3 is 30.9 Å². The Bertz CT molecular complexity index is 521. The van der Waals surface area contributed by atoms with Gasteiger partial charge in [0.1, 0.15) is 30.4 Å². The SMILES string of the molecule is Nc1ccn([C@H]2C[C@H](O)[C@H](O)[C@H](O)[C@@H](CO)O2)c(=O)n1. The first-order chi connectivity index (χ1) is 9.43. The van der Waals surface area contributed by atoms with Crippen molar-refractivity contribution in [2.75, 3.05) is 12.3 Å². The van der Waals surface area contributed by atoms with Crippen LogP contribution in [-0.4, -0.2) is 61.0 Å². The van der Waals surface area contributed by atoms with E-state index in [9.17, 15) is 20.1 Å². The highest BCUT2D eigenvalue weighted by molar-refractivity contribution is 5.23. The average molecular weight is 287 g/mol. The topological polar surface area (TPSA) is 151 Å². The van der Waals surface area contributed by atoms with Gasteiger partial charge in [-0.15, -0.1) is 0 Å². The Hall–Kier alpha value is -1.52. The lowest BCUT2D eigenvalue weighted by Crippen LogP contribution is -2.44. The highest BCUT2D eigenvalue weighted by Gasteiger charge is 2.39. The number of aliphatic hydroxyl groups is 4. The normalized spacial score (nSPS) is 34.7. The van der Waals surface area contributed by atoms with Gasteiger partial charge in [-0.1, -0.05) is 0 Å². The zero-order chi connectivity index (χ0) is 14.9. The monoisotopic (exact) mass is 287 g/mol. The van der Waals surface area contributed by atoms with Crippen LogP contribution in [0, 0.1) is 0 Å². The summed E-state index contributed by atoms with van der Waals surface area (Å²) >= 11 is 0. The van der Waals surface area contributed by atoms with Gasteiger partial charge in [-0.25, -0.2) is 4.79 Å². The van der Waals surface area contributed by atoms with E-state index in [0.29, 0.717) is 0 Å². The molecule has 0 aliphatic carbocycles. The van der Waals surface area contributed by atoms with Crippen molar-refractivity contribution < 1.29 is 25.2 Å². The number of hydrogen-bond acceptors (Lipinski definition) is 8. The number of hydrogen-bond donors (Lipinski definition) is 5. The van der Waals surface area contributed by atoms with E-state index < -0.39 is 42.9 Å². The van der Waals surface area contributed by atoms with E-state index in [1.54, 1.807) is 0 Å². The lowest BCUT2D eigenvalue weighted by atomic mass is 10.0. The molecule has 0 saturated carbocycles. The summed E-state index contributed by atoms with van der Waals surface area (Å²) in [5, 5.41) is 38.4. The van der Waals surface area contributed by atoms with Gasteiger partial charge in [0.2, 0.25) is 0 Å². The molecule has 9 nitrogen and oxygen atoms in total. The van der Waals surface area contributed by atoms with Crippen molar-refractivity contribution in [1.82, 2.24) is 9.55 Å². The number of anilines is 1. The fraction of sp³-hybridized carbons (Fsp3) is 0.636. The van der Waals surface area contributed by atoms with E-state index in [0.717, 1.165) is 4.57 Å². The Morgan fingerprint density at radius 3 is 2.70 bits per heavy atom. The summed E-state index contributed by atoms with van der Waals surface area (Å²) in [6, 6.07) is 1.38. The molecule has 0 amide bonds. The predicted octanol–water partition coefficient (Wildman–Crippen LogP) is -2.81. The molecule has 1 aliphatic heterocycles. The Balaban J connectivity index is 2.33. The van der Waals surface area contributed by atoms with Crippen LogP contribution in [-0.2, 0) is 4.74 Å². The van der Waals surface area contributed by atoms with E-state index in [2.05, 4.69) is 4.98 Å². The molecule has 2 rings (SSSR count). The largest absolute Gasteiger partial charge is 0.394 e. The number of nitrogens with zero attached hydrogens (tertiary/aromatic N) is 2. The highest BCUT2D eigenvalue weighted by Crippen LogP contribution is 2.25. The van der Waals surface area contributed by atoms with Crippen molar-refractivity contribution in [2.24, 2.45) is 0 Å². The molecule has 0 aromatic carbocycles. The maximum Gasteiger partial charge on any atom is 0.351 e. The fourth-order valence-corrected chi connectivity index (χ4v) is 2.11. The third-order valence-corrected chi connectivity index (χ3v) is 3.24. The van der Waals surface area contributed by atoms with Gasteiger partial charge in [-0.2, -0.15) is 4.98 Å². The molecule has 0 spiro atoms. The van der Waals surface area contributed by atoms with E-state index >= 15 is 0 Å². The molecule has 1 aromatic rings. The molecule has 6 N–H and O–H groups in total. The number of rotatable bonds is 2. The number of aliphatic hydroxyl groups excluding tert-OH is 4. The second-order valence-corrected chi connectivity index (χ2v) is 4.64. The predicted molar refractivity (Wildman–Crippen MR) is 66.5 cm³/mol. The van der Waals surface area contributed by atoms with Crippen molar-refractivity contribution in [3.05, 3.63) is 22.7 Å². The van der Waals surface area contributed by atoms with Crippen LogP contribution in [0.15, 0.2) is 17.1 Å². The second-order valence-electron chi connectivity index (χ2n) is 4.64. The van der Waals surface area contributed by atoms with Gasteiger partial charge in [0, 0.05) is 12.6 Å². The fourth-order valence-electron chi connectivity index (χ4n) is 2.11. The molecule has 0 radical (unpaired) electrons. The summed E-state index contributed by atoms with van der Waals surface area (Å²) in [5.41, 5.74) is 4.69. The standard InChI is InChI=1S/C11H17N3O6/c12-7-1-2-14(11(19)13-7)8-3-5(16)9(17)10(18)6(4-15)20-8/h1-2,5-6,8-10,15-18H,3-4H2,(H2,12,13,19)/t5-,6+,8+,9-,10+/m0/s1. The van der Waals surface area contributed by atoms with E-state index in [1.165, 1.54) is 12.3 Å². The number of ether oxygens (including phenoxy) is 1. The van der Waals surface area contributed by atoms with E-state index in [1.807, 2.05) is 0 Å². The van der Waals surface area contributed by atoms with Crippen LogP contribution in [0.5, 0.6) is 0 Å². The number of nitrogens with two attached hydrogens (primary N) is 1. The first-order valence-electron chi connectivity index (χ1n) is 6.09. The Labute approximate surface area is 113 Å². The maximum atomic E-state index is 11.7. The van der Waals surface area contributed by atoms with Gasteiger partial charge in [0.25, 0.3) is 0 Å². The molecular formula is C11H17N3O6. The molecule has 9 heteroatoms. The quantitative estimate of drug-likeness (QED) is 0.391. The van der Waals surface area contributed by atoms with Gasteiger partial charge in [-0.05, 0) is 6.07 Å². The van der Waals surface area contributed by atoms with Crippen LogP contribution in [0.1, 0.15) is 12.6 Å². The van der Waals surface area contributed by atoms with Crippen LogP contribution in [0.2, 0.25) is 0 Å². The van der Waals surface area contributed by atoms with Crippen LogP contribution in [0.3, 0.4) is 0 Å². The minimum absolute atomic E-state index is 0.0409. The maximum absolute atomic E-state index is 11.7. The molecule has 0 unspecified atom stereocenters. The first kappa shape index (κ1) is 14.9. The van der Waals surface area contributed by atoms with E-state index in [-0.39, 0.29) is 12.2 Å². The van der Waals surface area contributed by atoms with Gasteiger partial charge in [0.15, 0.2) is 0 Å². The van der Waals surface area contributed by atoms with Gasteiger partial charge in [-0.3, -0.25) is 4.57 Å². The Morgan fingerprint density at radius 2 is 2.10 bits per heavy atom. The summed E-state index contributed by atoms with van der Waals surface area (Å²) in [7, 11) is 0.